The number of methoxy groups -OCH3 is 2. The molecule has 5 rings (SSSR count). The summed E-state index contributed by atoms with van der Waals surface area (Å²) in [5.74, 6) is 0.483. The van der Waals surface area contributed by atoms with Crippen LogP contribution in [0.4, 0.5) is 16.3 Å². The van der Waals surface area contributed by atoms with Gasteiger partial charge >= 0.3 is 12.1 Å². The van der Waals surface area contributed by atoms with E-state index in [1.807, 2.05) is 66.9 Å². The lowest BCUT2D eigenvalue weighted by molar-refractivity contribution is -0.148. The van der Waals surface area contributed by atoms with Crippen LogP contribution in [0.2, 0.25) is 0 Å². The number of nitrogens with zero attached hydrogens (tertiary/aromatic N) is 4. The summed E-state index contributed by atoms with van der Waals surface area (Å²) in [6, 6.07) is 18.7. The molecular weight excluding hydrogens is 512 g/mol. The lowest BCUT2D eigenvalue weighted by atomic mass is 9.92. The summed E-state index contributed by atoms with van der Waals surface area (Å²) in [4.78, 5) is 31.9. The van der Waals surface area contributed by atoms with Gasteiger partial charge in [-0.05, 0) is 35.7 Å². The topological polar surface area (TPSA) is 119 Å². The molecule has 4 aromatic rings. The number of ether oxygens (including phenoxy) is 3. The number of piperidine rings is 1. The van der Waals surface area contributed by atoms with Crippen LogP contribution in [0.15, 0.2) is 73.2 Å². The highest BCUT2D eigenvalue weighted by atomic mass is 16.5. The summed E-state index contributed by atoms with van der Waals surface area (Å²) in [6.07, 6.45) is 3.40. The molecule has 2 aromatic carbocycles. The van der Waals surface area contributed by atoms with E-state index in [0.717, 1.165) is 28.1 Å². The number of hydrogen-bond acceptors (Lipinski definition) is 9. The minimum absolute atomic E-state index is 0.157. The Morgan fingerprint density at radius 1 is 1.07 bits per heavy atom. The Labute approximate surface area is 232 Å². The molecule has 2 N–H and O–H groups in total. The van der Waals surface area contributed by atoms with E-state index in [2.05, 4.69) is 25.6 Å². The van der Waals surface area contributed by atoms with Crippen LogP contribution in [-0.2, 0) is 27.4 Å². The van der Waals surface area contributed by atoms with Gasteiger partial charge in [0.1, 0.15) is 24.2 Å². The highest BCUT2D eigenvalue weighted by Crippen LogP contribution is 2.27. The summed E-state index contributed by atoms with van der Waals surface area (Å²) in [7, 11) is 2.99. The van der Waals surface area contributed by atoms with E-state index in [1.165, 1.54) is 13.4 Å². The third kappa shape index (κ3) is 6.32. The molecule has 40 heavy (non-hydrogen) atoms. The zero-order valence-corrected chi connectivity index (χ0v) is 22.4. The molecule has 11 nitrogen and oxygen atoms in total. The third-order valence-electron chi connectivity index (χ3n) is 6.98. The highest BCUT2D eigenvalue weighted by molar-refractivity contribution is 5.77. The minimum atomic E-state index is -0.556. The molecule has 1 aliphatic heterocycles. The number of anilines is 2. The van der Waals surface area contributed by atoms with Gasteiger partial charge in [0.25, 0.3) is 0 Å². The van der Waals surface area contributed by atoms with Crippen LogP contribution in [0.1, 0.15) is 17.5 Å². The van der Waals surface area contributed by atoms with E-state index in [1.54, 1.807) is 11.6 Å². The van der Waals surface area contributed by atoms with Crippen molar-refractivity contribution in [3.8, 4) is 5.75 Å². The fourth-order valence-electron chi connectivity index (χ4n) is 4.96. The van der Waals surface area contributed by atoms with E-state index in [4.69, 9.17) is 14.2 Å². The van der Waals surface area contributed by atoms with Crippen molar-refractivity contribution in [3.63, 3.8) is 0 Å². The van der Waals surface area contributed by atoms with Crippen LogP contribution >= 0.6 is 0 Å². The molecule has 1 fully saturated rings. The molecule has 0 aliphatic carbocycles. The third-order valence-corrected chi connectivity index (χ3v) is 6.98. The molecular formula is C29H32N6O5. The van der Waals surface area contributed by atoms with Gasteiger partial charge in [-0.25, -0.2) is 14.3 Å². The van der Waals surface area contributed by atoms with Crippen molar-refractivity contribution in [2.24, 2.45) is 5.92 Å². The fourth-order valence-corrected chi connectivity index (χ4v) is 4.96. The van der Waals surface area contributed by atoms with Crippen LogP contribution in [0.25, 0.3) is 5.52 Å². The Hall–Kier alpha value is -4.64. The first kappa shape index (κ1) is 26.9. The summed E-state index contributed by atoms with van der Waals surface area (Å²) in [6.45, 7) is 1.81. The van der Waals surface area contributed by atoms with Gasteiger partial charge in [0.05, 0.1) is 20.1 Å². The molecule has 2 atom stereocenters. The smallest absolute Gasteiger partial charge is 0.407 e. The average molecular weight is 545 g/mol. The monoisotopic (exact) mass is 544 g/mol. The molecule has 0 radical (unpaired) electrons. The quantitative estimate of drug-likeness (QED) is 0.304. The number of esters is 1. The summed E-state index contributed by atoms with van der Waals surface area (Å²) in [5, 5.41) is 10.6. The number of amides is 1. The van der Waals surface area contributed by atoms with E-state index in [9.17, 15) is 9.59 Å². The number of fused-ring (bicyclic) bond motifs is 1. The van der Waals surface area contributed by atoms with Gasteiger partial charge in [-0.3, -0.25) is 9.69 Å². The van der Waals surface area contributed by atoms with Crippen molar-refractivity contribution in [2.45, 2.75) is 25.6 Å². The van der Waals surface area contributed by atoms with Gasteiger partial charge < -0.3 is 24.8 Å². The number of aromatic nitrogens is 3. The number of hydrogen-bond donors (Lipinski definition) is 2. The van der Waals surface area contributed by atoms with Crippen LogP contribution in [0, 0.1) is 5.92 Å². The van der Waals surface area contributed by atoms with E-state index in [0.29, 0.717) is 31.9 Å². The maximum Gasteiger partial charge on any atom is 0.407 e. The lowest BCUT2D eigenvalue weighted by Gasteiger charge is -2.37. The molecule has 0 saturated carbocycles. The van der Waals surface area contributed by atoms with Crippen LogP contribution < -0.4 is 15.4 Å². The molecule has 0 bridgehead atoms. The minimum Gasteiger partial charge on any atom is -0.497 e. The number of alkyl carbamates (subject to hydrolysis) is 1. The van der Waals surface area contributed by atoms with Crippen LogP contribution in [0.5, 0.6) is 5.75 Å². The predicted molar refractivity (Wildman–Crippen MR) is 148 cm³/mol. The second-order valence-electron chi connectivity index (χ2n) is 9.57. The first-order chi connectivity index (χ1) is 19.5. The SMILES string of the molecule is COC(=O)C1CN(Cc2ccn3ncnc(Nc4cccc(OC)c4)c23)CCC1NC(=O)OCc1ccccc1. The number of nitrogens with one attached hydrogen (secondary N) is 2. The van der Waals surface area contributed by atoms with Crippen molar-refractivity contribution in [1.82, 2.24) is 24.8 Å². The molecule has 1 amide bonds. The zero-order chi connectivity index (χ0) is 27.9. The molecule has 11 heteroatoms. The van der Waals surface area contributed by atoms with Crippen LogP contribution in [0.3, 0.4) is 0 Å². The number of likely N-dealkylation sites (tertiary alicyclic amines) is 1. The molecule has 3 heterocycles. The predicted octanol–water partition coefficient (Wildman–Crippen LogP) is 3.77. The largest absolute Gasteiger partial charge is 0.497 e. The van der Waals surface area contributed by atoms with Gasteiger partial charge in [0.2, 0.25) is 0 Å². The second kappa shape index (κ2) is 12.5. The fraction of sp³-hybridized carbons (Fsp3) is 0.310. The number of rotatable bonds is 9. The highest BCUT2D eigenvalue weighted by Gasteiger charge is 2.36. The summed E-state index contributed by atoms with van der Waals surface area (Å²) >= 11 is 0. The normalized spacial score (nSPS) is 17.2. The first-order valence-electron chi connectivity index (χ1n) is 13.0. The Morgan fingerprint density at radius 3 is 2.73 bits per heavy atom. The Morgan fingerprint density at radius 2 is 1.93 bits per heavy atom. The summed E-state index contributed by atoms with van der Waals surface area (Å²) < 4.78 is 17.6. The number of benzene rings is 2. The average Bonchev–Trinajstić information content (AvgIpc) is 3.40. The molecule has 1 saturated heterocycles. The molecule has 1 aliphatic rings. The van der Waals surface area contributed by atoms with Gasteiger partial charge in [-0.2, -0.15) is 5.10 Å². The standard InChI is InChI=1S/C29H32N6O5/c1-38-23-10-6-9-22(15-23)32-27-26-21(11-14-35(26)31-19-30-27)16-34-13-12-25(24(17-34)28(36)39-2)33-29(37)40-18-20-7-4-3-5-8-20/h3-11,14-15,19,24-25H,12-13,16-18H2,1-2H3,(H,33,37)(H,30,31,32). The first-order valence-corrected chi connectivity index (χ1v) is 13.0. The Kier molecular flexibility index (Phi) is 8.41. The van der Waals surface area contributed by atoms with Crippen molar-refractivity contribution >= 4 is 29.1 Å². The molecule has 0 spiro atoms. The Balaban J connectivity index is 1.27. The maximum absolute atomic E-state index is 12.7. The van der Waals surface area contributed by atoms with Crippen molar-refractivity contribution in [3.05, 3.63) is 84.3 Å². The molecule has 2 aromatic heterocycles. The van der Waals surface area contributed by atoms with E-state index >= 15 is 0 Å². The van der Waals surface area contributed by atoms with E-state index in [-0.39, 0.29) is 12.6 Å². The van der Waals surface area contributed by atoms with Crippen molar-refractivity contribution in [1.29, 1.82) is 0 Å². The van der Waals surface area contributed by atoms with Crippen LogP contribution in [-0.4, -0.2) is 64.9 Å². The van der Waals surface area contributed by atoms with Gasteiger partial charge in [0, 0.05) is 43.6 Å². The van der Waals surface area contributed by atoms with E-state index < -0.39 is 18.1 Å². The summed E-state index contributed by atoms with van der Waals surface area (Å²) in [5.41, 5.74) is 3.57. The maximum atomic E-state index is 12.7. The molecule has 208 valence electrons. The second-order valence-corrected chi connectivity index (χ2v) is 9.57. The van der Waals surface area contributed by atoms with Gasteiger partial charge in [0.15, 0.2) is 5.82 Å². The number of carbonyl (C=O) groups excluding carboxylic acids is 2. The zero-order valence-electron chi connectivity index (χ0n) is 22.4. The Bertz CT molecular complexity index is 1460. The lowest BCUT2D eigenvalue weighted by Crippen LogP contribution is -2.53. The van der Waals surface area contributed by atoms with Crippen molar-refractivity contribution in [2.75, 3.05) is 32.6 Å². The van der Waals surface area contributed by atoms with Gasteiger partial charge in [-0.15, -0.1) is 0 Å². The van der Waals surface area contributed by atoms with Gasteiger partial charge in [-0.1, -0.05) is 36.4 Å². The molecule has 2 unspecified atom stereocenters. The number of carbonyl (C=O) groups is 2. The van der Waals surface area contributed by atoms with Crippen molar-refractivity contribution < 1.29 is 23.8 Å².